The summed E-state index contributed by atoms with van der Waals surface area (Å²) in [6.07, 6.45) is 6.73. The van der Waals surface area contributed by atoms with Crippen LogP contribution in [0.3, 0.4) is 0 Å². The summed E-state index contributed by atoms with van der Waals surface area (Å²) in [4.78, 5) is 41.0. The molecule has 198 valence electrons. The molecule has 1 atom stereocenters. The molecule has 38 heavy (non-hydrogen) atoms. The largest absolute Gasteiger partial charge is 0.471 e. The number of phosphoric ester groups is 1. The quantitative estimate of drug-likeness (QED) is 0.160. The summed E-state index contributed by atoms with van der Waals surface area (Å²) in [6, 6.07) is 12.0. The van der Waals surface area contributed by atoms with Gasteiger partial charge in [-0.3, -0.25) is 9.32 Å². The highest BCUT2D eigenvalue weighted by molar-refractivity contribution is 7.46. The molecule has 4 rings (SSSR count). The standard InChI is InChI=1S/C26H27FN5O5P/c1-17(37-38(34,35)36)32-16-23(19-9-10-28-24(27)14-19)22-13-20(15-29-26(22)32)18-6-4-7-21(12-18)30-25(33)8-5-11-31(2)3/h4-10,12-17H,11H2,1-3H3,(H,30,33)(H2,34,35,36). The minimum absolute atomic E-state index is 0.254. The molecule has 0 aliphatic carbocycles. The third-order valence-electron chi connectivity index (χ3n) is 5.59. The average molecular weight is 540 g/mol. The minimum Gasteiger partial charge on any atom is -0.323 e. The molecule has 0 aliphatic rings. The maximum absolute atomic E-state index is 13.9. The molecular weight excluding hydrogens is 512 g/mol. The van der Waals surface area contributed by atoms with Crippen molar-refractivity contribution in [2.75, 3.05) is 26.0 Å². The van der Waals surface area contributed by atoms with E-state index >= 15 is 0 Å². The number of phosphoric acid groups is 1. The number of carbonyl (C=O) groups excluding carboxylic acids is 1. The third-order valence-corrected chi connectivity index (χ3v) is 6.17. The average Bonchev–Trinajstić information content (AvgIpc) is 3.22. The Morgan fingerprint density at radius 2 is 1.97 bits per heavy atom. The van der Waals surface area contributed by atoms with Crippen LogP contribution in [0.1, 0.15) is 13.2 Å². The number of anilines is 1. The van der Waals surface area contributed by atoms with Gasteiger partial charge in [-0.1, -0.05) is 18.2 Å². The fourth-order valence-electron chi connectivity index (χ4n) is 3.95. The number of hydrogen-bond donors (Lipinski definition) is 3. The number of rotatable bonds is 9. The van der Waals surface area contributed by atoms with Crippen molar-refractivity contribution in [2.24, 2.45) is 0 Å². The maximum Gasteiger partial charge on any atom is 0.471 e. The van der Waals surface area contributed by atoms with E-state index in [2.05, 4.69) is 15.3 Å². The zero-order valence-corrected chi connectivity index (χ0v) is 21.8. The van der Waals surface area contributed by atoms with Crippen molar-refractivity contribution in [2.45, 2.75) is 13.2 Å². The van der Waals surface area contributed by atoms with Crippen LogP contribution < -0.4 is 5.32 Å². The molecule has 0 fully saturated rings. The lowest BCUT2D eigenvalue weighted by Gasteiger charge is -2.16. The zero-order chi connectivity index (χ0) is 27.4. The van der Waals surface area contributed by atoms with Gasteiger partial charge < -0.3 is 24.6 Å². The van der Waals surface area contributed by atoms with Gasteiger partial charge in [0, 0.05) is 59.5 Å². The van der Waals surface area contributed by atoms with Crippen LogP contribution in [0.2, 0.25) is 0 Å². The first-order valence-corrected chi connectivity index (χ1v) is 13.1. The number of nitrogens with zero attached hydrogens (tertiary/aromatic N) is 4. The summed E-state index contributed by atoms with van der Waals surface area (Å²) in [5.41, 5.74) is 3.56. The van der Waals surface area contributed by atoms with E-state index in [1.807, 2.05) is 37.2 Å². The van der Waals surface area contributed by atoms with Crippen LogP contribution in [0.4, 0.5) is 10.1 Å². The Bertz CT molecular complexity index is 1550. The van der Waals surface area contributed by atoms with E-state index in [0.717, 1.165) is 5.56 Å². The monoisotopic (exact) mass is 539 g/mol. The molecule has 3 heterocycles. The van der Waals surface area contributed by atoms with Crippen LogP contribution in [-0.4, -0.2) is 55.8 Å². The molecule has 0 saturated carbocycles. The van der Waals surface area contributed by atoms with Crippen LogP contribution in [0.5, 0.6) is 0 Å². The topological polar surface area (TPSA) is 130 Å². The lowest BCUT2D eigenvalue weighted by molar-refractivity contribution is -0.111. The summed E-state index contributed by atoms with van der Waals surface area (Å²) in [5, 5.41) is 3.45. The van der Waals surface area contributed by atoms with Crippen LogP contribution in [0, 0.1) is 5.95 Å². The number of fused-ring (bicyclic) bond motifs is 1. The Morgan fingerprint density at radius 3 is 2.68 bits per heavy atom. The van der Waals surface area contributed by atoms with Gasteiger partial charge in [0.25, 0.3) is 0 Å². The number of benzene rings is 1. The molecule has 12 heteroatoms. The fourth-order valence-corrected chi connectivity index (χ4v) is 4.45. The molecule has 4 aromatic rings. The van der Waals surface area contributed by atoms with Crippen LogP contribution in [-0.2, 0) is 13.9 Å². The van der Waals surface area contributed by atoms with E-state index in [1.54, 1.807) is 36.7 Å². The van der Waals surface area contributed by atoms with Gasteiger partial charge in [-0.15, -0.1) is 0 Å². The van der Waals surface area contributed by atoms with Crippen LogP contribution >= 0.6 is 7.82 Å². The van der Waals surface area contributed by atoms with Gasteiger partial charge in [0.15, 0.2) is 0 Å². The van der Waals surface area contributed by atoms with Gasteiger partial charge in [-0.25, -0.2) is 14.5 Å². The Kier molecular flexibility index (Phi) is 8.15. The number of halogens is 1. The van der Waals surface area contributed by atoms with Gasteiger partial charge >= 0.3 is 7.82 Å². The van der Waals surface area contributed by atoms with Gasteiger partial charge in [0.1, 0.15) is 11.9 Å². The van der Waals surface area contributed by atoms with Crippen molar-refractivity contribution in [3.05, 3.63) is 79.2 Å². The van der Waals surface area contributed by atoms with E-state index < -0.39 is 20.0 Å². The zero-order valence-electron chi connectivity index (χ0n) is 20.9. The predicted octanol–water partition coefficient (Wildman–Crippen LogP) is 4.59. The van der Waals surface area contributed by atoms with Crippen LogP contribution in [0.15, 0.2) is 73.2 Å². The second kappa shape index (κ2) is 11.3. The number of nitrogens with one attached hydrogen (secondary N) is 1. The van der Waals surface area contributed by atoms with Crippen LogP contribution in [0.25, 0.3) is 33.3 Å². The molecule has 0 radical (unpaired) electrons. The number of hydrogen-bond acceptors (Lipinski definition) is 6. The first-order valence-electron chi connectivity index (χ1n) is 11.6. The van der Waals surface area contributed by atoms with E-state index in [4.69, 9.17) is 4.52 Å². The normalized spacial score (nSPS) is 12.9. The van der Waals surface area contributed by atoms with Crippen molar-refractivity contribution in [3.63, 3.8) is 0 Å². The molecule has 1 amide bonds. The molecule has 0 aliphatic heterocycles. The van der Waals surface area contributed by atoms with Gasteiger partial charge in [-0.05, 0) is 56.4 Å². The van der Waals surface area contributed by atoms with Gasteiger partial charge in [-0.2, -0.15) is 4.39 Å². The molecule has 3 N–H and O–H groups in total. The van der Waals surface area contributed by atoms with Crippen molar-refractivity contribution in [1.82, 2.24) is 19.4 Å². The van der Waals surface area contributed by atoms with E-state index in [0.29, 0.717) is 40.0 Å². The smallest absolute Gasteiger partial charge is 0.323 e. The van der Waals surface area contributed by atoms with Crippen molar-refractivity contribution in [1.29, 1.82) is 0 Å². The second-order valence-electron chi connectivity index (χ2n) is 8.84. The first kappa shape index (κ1) is 27.3. The molecule has 1 unspecified atom stereocenters. The summed E-state index contributed by atoms with van der Waals surface area (Å²) in [5.74, 6) is -0.925. The van der Waals surface area contributed by atoms with Crippen molar-refractivity contribution < 1.29 is 28.1 Å². The Hall–Kier alpha value is -3.73. The molecule has 3 aromatic heterocycles. The number of aromatic nitrogens is 3. The Labute approximate surface area is 218 Å². The lowest BCUT2D eigenvalue weighted by Crippen LogP contribution is -2.12. The summed E-state index contributed by atoms with van der Waals surface area (Å²) in [7, 11) is -0.964. The molecule has 10 nitrogen and oxygen atoms in total. The van der Waals surface area contributed by atoms with E-state index in [9.17, 15) is 23.5 Å². The Morgan fingerprint density at radius 1 is 1.18 bits per heavy atom. The van der Waals surface area contributed by atoms with Gasteiger partial charge in [0.2, 0.25) is 11.9 Å². The van der Waals surface area contributed by atoms with E-state index in [-0.39, 0.29) is 5.91 Å². The fraction of sp³-hybridized carbons (Fsp3) is 0.192. The summed E-state index contributed by atoms with van der Waals surface area (Å²) >= 11 is 0. The minimum atomic E-state index is -4.78. The molecule has 0 spiro atoms. The Balaban J connectivity index is 1.74. The van der Waals surface area contributed by atoms with Crippen molar-refractivity contribution >= 4 is 30.5 Å². The highest BCUT2D eigenvalue weighted by atomic mass is 31.2. The highest BCUT2D eigenvalue weighted by Crippen LogP contribution is 2.42. The van der Waals surface area contributed by atoms with Gasteiger partial charge in [0.05, 0.1) is 0 Å². The molecule has 0 saturated heterocycles. The summed E-state index contributed by atoms with van der Waals surface area (Å²) < 4.78 is 31.7. The maximum atomic E-state index is 13.9. The number of amides is 1. The molecule has 0 bridgehead atoms. The SMILES string of the molecule is CC(OP(=O)(O)O)n1cc(-c2ccnc(F)c2)c2cc(-c3cccc(NC(=O)C=CCN(C)C)c3)cnc21. The van der Waals surface area contributed by atoms with E-state index in [1.165, 1.54) is 29.8 Å². The second-order valence-corrected chi connectivity index (χ2v) is 10.0. The lowest BCUT2D eigenvalue weighted by atomic mass is 10.0. The number of pyridine rings is 2. The third kappa shape index (κ3) is 6.77. The number of carbonyl (C=O) groups is 1. The van der Waals surface area contributed by atoms with Crippen molar-refractivity contribution in [3.8, 4) is 22.3 Å². The molecular formula is C26H27FN5O5P. The summed E-state index contributed by atoms with van der Waals surface area (Å²) in [6.45, 7) is 2.12. The first-order chi connectivity index (χ1) is 18.0. The number of likely N-dealkylation sites (N-methyl/N-ethyl adjacent to an activating group) is 1. The molecule has 1 aromatic carbocycles. The predicted molar refractivity (Wildman–Crippen MR) is 143 cm³/mol. The highest BCUT2D eigenvalue weighted by Gasteiger charge is 2.23.